The van der Waals surface area contributed by atoms with E-state index < -0.39 is 0 Å². The first-order valence-corrected chi connectivity index (χ1v) is 5.60. The van der Waals surface area contributed by atoms with Crippen LogP contribution in [0.2, 0.25) is 0 Å². The standard InChI is InChI=1S/C10H18N2O2S/c1-12(10(13)6-9(11)15)4-5-14-7-8-2-3-8/h8H,2-7H2,1H3,(H2,11,15). The zero-order chi connectivity index (χ0) is 11.3. The number of ether oxygens (including phenoxy) is 1. The zero-order valence-corrected chi connectivity index (χ0v) is 9.89. The Morgan fingerprint density at radius 1 is 1.60 bits per heavy atom. The van der Waals surface area contributed by atoms with Gasteiger partial charge in [-0.25, -0.2) is 0 Å². The number of likely N-dealkylation sites (N-methyl/N-ethyl adjacent to an activating group) is 1. The van der Waals surface area contributed by atoms with Crippen LogP contribution in [0.15, 0.2) is 0 Å². The summed E-state index contributed by atoms with van der Waals surface area (Å²) in [6.45, 7) is 2.03. The van der Waals surface area contributed by atoms with Crippen LogP contribution in [0.3, 0.4) is 0 Å². The lowest BCUT2D eigenvalue weighted by Gasteiger charge is -2.16. The summed E-state index contributed by atoms with van der Waals surface area (Å²) in [6, 6.07) is 0. The topological polar surface area (TPSA) is 55.6 Å². The maximum absolute atomic E-state index is 11.4. The maximum Gasteiger partial charge on any atom is 0.229 e. The van der Waals surface area contributed by atoms with Crippen molar-refractivity contribution in [2.45, 2.75) is 19.3 Å². The maximum atomic E-state index is 11.4. The van der Waals surface area contributed by atoms with Gasteiger partial charge in [-0.3, -0.25) is 4.79 Å². The fourth-order valence-corrected chi connectivity index (χ4v) is 1.27. The van der Waals surface area contributed by atoms with Crippen LogP contribution in [0, 0.1) is 5.92 Å². The fourth-order valence-electron chi connectivity index (χ4n) is 1.14. The minimum absolute atomic E-state index is 0.0440. The van der Waals surface area contributed by atoms with Gasteiger partial charge >= 0.3 is 0 Å². The first-order chi connectivity index (χ1) is 7.09. The van der Waals surface area contributed by atoms with Gasteiger partial charge in [-0.15, -0.1) is 0 Å². The van der Waals surface area contributed by atoms with Crippen LogP contribution < -0.4 is 5.73 Å². The quantitative estimate of drug-likeness (QED) is 0.512. The predicted molar refractivity (Wildman–Crippen MR) is 62.6 cm³/mol. The molecule has 1 aliphatic carbocycles. The Hall–Kier alpha value is -0.680. The van der Waals surface area contributed by atoms with Crippen molar-refractivity contribution in [2.75, 3.05) is 26.8 Å². The lowest BCUT2D eigenvalue weighted by molar-refractivity contribution is -0.129. The largest absolute Gasteiger partial charge is 0.393 e. The van der Waals surface area contributed by atoms with Gasteiger partial charge in [-0.2, -0.15) is 0 Å². The SMILES string of the molecule is CN(CCOCC1CC1)C(=O)CC(N)=S. The Labute approximate surface area is 95.8 Å². The molecule has 0 bridgehead atoms. The molecule has 0 saturated heterocycles. The molecule has 1 fully saturated rings. The second-order valence-electron chi connectivity index (χ2n) is 3.98. The molecule has 0 aromatic carbocycles. The molecule has 0 heterocycles. The minimum Gasteiger partial charge on any atom is -0.393 e. The summed E-state index contributed by atoms with van der Waals surface area (Å²) in [5.41, 5.74) is 5.29. The Morgan fingerprint density at radius 3 is 2.80 bits per heavy atom. The molecule has 0 aliphatic heterocycles. The summed E-state index contributed by atoms with van der Waals surface area (Å²) in [5, 5.41) is 0. The molecule has 0 atom stereocenters. The average molecular weight is 230 g/mol. The van der Waals surface area contributed by atoms with E-state index in [9.17, 15) is 4.79 Å². The first kappa shape index (κ1) is 12.4. The lowest BCUT2D eigenvalue weighted by atomic mass is 10.3. The number of thiocarbonyl (C=S) groups is 1. The van der Waals surface area contributed by atoms with Crippen LogP contribution in [-0.4, -0.2) is 42.6 Å². The second-order valence-corrected chi connectivity index (χ2v) is 4.50. The van der Waals surface area contributed by atoms with Gasteiger partial charge in [-0.1, -0.05) is 12.2 Å². The third-order valence-corrected chi connectivity index (χ3v) is 2.52. The Morgan fingerprint density at radius 2 is 2.27 bits per heavy atom. The number of carbonyl (C=O) groups excluding carboxylic acids is 1. The molecule has 1 aliphatic rings. The van der Waals surface area contributed by atoms with E-state index in [1.54, 1.807) is 11.9 Å². The average Bonchev–Trinajstić information content (AvgIpc) is 2.94. The zero-order valence-electron chi connectivity index (χ0n) is 9.07. The lowest BCUT2D eigenvalue weighted by Crippen LogP contribution is -2.32. The molecule has 86 valence electrons. The van der Waals surface area contributed by atoms with E-state index in [-0.39, 0.29) is 17.3 Å². The van der Waals surface area contributed by atoms with Gasteiger partial charge in [0.15, 0.2) is 0 Å². The monoisotopic (exact) mass is 230 g/mol. The van der Waals surface area contributed by atoms with Crippen molar-refractivity contribution in [3.05, 3.63) is 0 Å². The van der Waals surface area contributed by atoms with Crippen LogP contribution >= 0.6 is 12.2 Å². The number of hydrogen-bond acceptors (Lipinski definition) is 3. The summed E-state index contributed by atoms with van der Waals surface area (Å²) in [7, 11) is 1.74. The van der Waals surface area contributed by atoms with E-state index in [0.29, 0.717) is 13.2 Å². The highest BCUT2D eigenvalue weighted by Gasteiger charge is 2.21. The highest BCUT2D eigenvalue weighted by atomic mass is 32.1. The van der Waals surface area contributed by atoms with E-state index in [1.807, 2.05) is 0 Å². The van der Waals surface area contributed by atoms with Crippen LogP contribution in [0.25, 0.3) is 0 Å². The second kappa shape index (κ2) is 6.02. The minimum atomic E-state index is -0.0440. The third-order valence-electron chi connectivity index (χ3n) is 2.37. The summed E-state index contributed by atoms with van der Waals surface area (Å²) in [5.74, 6) is 0.722. The molecule has 4 nitrogen and oxygen atoms in total. The molecule has 5 heteroatoms. The van der Waals surface area contributed by atoms with E-state index in [0.717, 1.165) is 12.5 Å². The van der Waals surface area contributed by atoms with E-state index in [1.165, 1.54) is 12.8 Å². The molecule has 1 saturated carbocycles. The molecule has 15 heavy (non-hydrogen) atoms. The molecule has 2 N–H and O–H groups in total. The van der Waals surface area contributed by atoms with Crippen LogP contribution in [0.1, 0.15) is 19.3 Å². The highest BCUT2D eigenvalue weighted by Crippen LogP contribution is 2.28. The first-order valence-electron chi connectivity index (χ1n) is 5.19. The normalized spacial score (nSPS) is 15.0. The molecule has 1 amide bonds. The highest BCUT2D eigenvalue weighted by molar-refractivity contribution is 7.80. The third kappa shape index (κ3) is 5.69. The van der Waals surface area contributed by atoms with Crippen molar-refractivity contribution in [1.29, 1.82) is 0 Å². The smallest absolute Gasteiger partial charge is 0.229 e. The van der Waals surface area contributed by atoms with Crippen molar-refractivity contribution >= 4 is 23.1 Å². The summed E-state index contributed by atoms with van der Waals surface area (Å²) in [6.07, 6.45) is 2.72. The van der Waals surface area contributed by atoms with Crippen molar-refractivity contribution in [3.8, 4) is 0 Å². The molecule has 0 spiro atoms. The number of nitrogens with two attached hydrogens (primary N) is 1. The van der Waals surface area contributed by atoms with Crippen molar-refractivity contribution in [2.24, 2.45) is 11.7 Å². The molecule has 1 rings (SSSR count). The van der Waals surface area contributed by atoms with Gasteiger partial charge in [0.1, 0.15) is 0 Å². The van der Waals surface area contributed by atoms with Gasteiger partial charge in [0.2, 0.25) is 5.91 Å². The van der Waals surface area contributed by atoms with E-state index in [2.05, 4.69) is 12.2 Å². The van der Waals surface area contributed by atoms with Crippen molar-refractivity contribution in [1.82, 2.24) is 4.90 Å². The Balaban J connectivity index is 2.02. The molecular formula is C10H18N2O2S. The van der Waals surface area contributed by atoms with Crippen LogP contribution in [-0.2, 0) is 9.53 Å². The Bertz CT molecular complexity index is 242. The van der Waals surface area contributed by atoms with Crippen molar-refractivity contribution < 1.29 is 9.53 Å². The Kier molecular flexibility index (Phi) is 4.98. The fraction of sp³-hybridized carbons (Fsp3) is 0.800. The van der Waals surface area contributed by atoms with Gasteiger partial charge < -0.3 is 15.4 Å². The van der Waals surface area contributed by atoms with Gasteiger partial charge in [0, 0.05) is 20.2 Å². The van der Waals surface area contributed by atoms with Crippen LogP contribution in [0.4, 0.5) is 0 Å². The predicted octanol–water partition coefficient (Wildman–Crippen LogP) is 0.548. The van der Waals surface area contributed by atoms with Gasteiger partial charge in [-0.05, 0) is 18.8 Å². The molecule has 0 aromatic heterocycles. The molecular weight excluding hydrogens is 212 g/mol. The van der Waals surface area contributed by atoms with Gasteiger partial charge in [0.05, 0.1) is 18.0 Å². The molecule has 0 radical (unpaired) electrons. The molecule has 0 aromatic rings. The van der Waals surface area contributed by atoms with Crippen LogP contribution in [0.5, 0.6) is 0 Å². The number of nitrogens with zero attached hydrogens (tertiary/aromatic N) is 1. The van der Waals surface area contributed by atoms with E-state index >= 15 is 0 Å². The summed E-state index contributed by atoms with van der Waals surface area (Å²) < 4.78 is 5.43. The van der Waals surface area contributed by atoms with Crippen molar-refractivity contribution in [3.63, 3.8) is 0 Å². The summed E-state index contributed by atoms with van der Waals surface area (Å²) in [4.78, 5) is 13.2. The molecule has 0 unspecified atom stereocenters. The summed E-state index contributed by atoms with van der Waals surface area (Å²) >= 11 is 4.67. The number of rotatable bonds is 7. The number of hydrogen-bond donors (Lipinski definition) is 1. The number of carbonyl (C=O) groups is 1. The number of amides is 1. The van der Waals surface area contributed by atoms with Gasteiger partial charge in [0.25, 0.3) is 0 Å². The van der Waals surface area contributed by atoms with E-state index in [4.69, 9.17) is 10.5 Å².